The lowest BCUT2D eigenvalue weighted by molar-refractivity contribution is -0.0753. The van der Waals surface area contributed by atoms with E-state index >= 15 is 0 Å². The number of ether oxygens (including phenoxy) is 1. The zero-order valence-corrected chi connectivity index (χ0v) is 19.0. The molecule has 162 valence electrons. The van der Waals surface area contributed by atoms with Crippen LogP contribution >= 0.6 is 11.3 Å². The van der Waals surface area contributed by atoms with Gasteiger partial charge in [0.1, 0.15) is 4.88 Å². The van der Waals surface area contributed by atoms with Gasteiger partial charge in [-0.3, -0.25) is 9.63 Å². The molecular formula is C20H25N3O5S2. The van der Waals surface area contributed by atoms with Gasteiger partial charge in [-0.1, -0.05) is 12.1 Å². The van der Waals surface area contributed by atoms with Crippen LogP contribution in [0.2, 0.25) is 0 Å². The maximum Gasteiger partial charge on any atom is 0.287 e. The summed E-state index contributed by atoms with van der Waals surface area (Å²) in [6, 6.07) is 6.44. The third-order valence-electron chi connectivity index (χ3n) is 4.86. The molecule has 1 aliphatic rings. The number of hydrogen-bond acceptors (Lipinski definition) is 7. The fourth-order valence-corrected chi connectivity index (χ4v) is 5.52. The van der Waals surface area contributed by atoms with Gasteiger partial charge in [-0.25, -0.2) is 5.06 Å². The fraction of sp³-hybridized carbons (Fsp3) is 0.400. The van der Waals surface area contributed by atoms with E-state index in [1.807, 2.05) is 6.92 Å². The van der Waals surface area contributed by atoms with Crippen LogP contribution in [0.5, 0.6) is 0 Å². The molecule has 2 aromatic rings. The van der Waals surface area contributed by atoms with Gasteiger partial charge in [-0.15, -0.1) is 11.3 Å². The number of carbonyl (C=O) groups excluding carboxylic acids is 1. The molecule has 3 rings (SSSR count). The molecule has 10 heteroatoms. The SMILES string of the molecule is C/C=N/S(=O)(=O)c1ccc(-c2c(C(=O)N(C)OC)sc(N3CCOCC3)c2C)cc1. The monoisotopic (exact) mass is 451 g/mol. The van der Waals surface area contributed by atoms with E-state index in [2.05, 4.69) is 9.30 Å². The minimum absolute atomic E-state index is 0.104. The number of amides is 1. The topological polar surface area (TPSA) is 88.5 Å². The first-order valence-corrected chi connectivity index (χ1v) is 11.7. The van der Waals surface area contributed by atoms with Crippen LogP contribution in [0.4, 0.5) is 5.00 Å². The van der Waals surface area contributed by atoms with E-state index in [0.29, 0.717) is 18.1 Å². The van der Waals surface area contributed by atoms with Crippen molar-refractivity contribution in [2.45, 2.75) is 18.7 Å². The molecule has 0 N–H and O–H groups in total. The number of sulfonamides is 1. The van der Waals surface area contributed by atoms with E-state index < -0.39 is 10.0 Å². The molecule has 2 heterocycles. The lowest BCUT2D eigenvalue weighted by Gasteiger charge is -2.28. The molecule has 1 saturated heterocycles. The minimum Gasteiger partial charge on any atom is -0.378 e. The van der Waals surface area contributed by atoms with Gasteiger partial charge in [-0.05, 0) is 37.1 Å². The van der Waals surface area contributed by atoms with Crippen molar-refractivity contribution in [2.75, 3.05) is 45.4 Å². The van der Waals surface area contributed by atoms with Crippen LogP contribution in [0.15, 0.2) is 33.6 Å². The molecule has 1 aromatic carbocycles. The van der Waals surface area contributed by atoms with Crippen LogP contribution in [-0.4, -0.2) is 66.1 Å². The Labute approximate surface area is 180 Å². The Morgan fingerprint density at radius 1 is 1.27 bits per heavy atom. The highest BCUT2D eigenvalue weighted by molar-refractivity contribution is 7.90. The van der Waals surface area contributed by atoms with E-state index in [0.717, 1.165) is 34.8 Å². The number of carbonyl (C=O) groups is 1. The second kappa shape index (κ2) is 9.25. The predicted molar refractivity (Wildman–Crippen MR) is 118 cm³/mol. The minimum atomic E-state index is -3.72. The first-order chi connectivity index (χ1) is 14.3. The zero-order valence-electron chi connectivity index (χ0n) is 17.4. The zero-order chi connectivity index (χ0) is 21.9. The third kappa shape index (κ3) is 4.41. The second-order valence-corrected chi connectivity index (χ2v) is 9.32. The van der Waals surface area contributed by atoms with Gasteiger partial charge < -0.3 is 9.64 Å². The molecule has 1 aromatic heterocycles. The lowest BCUT2D eigenvalue weighted by Crippen LogP contribution is -2.36. The van der Waals surface area contributed by atoms with Crippen molar-refractivity contribution in [3.8, 4) is 11.1 Å². The largest absolute Gasteiger partial charge is 0.378 e. The summed E-state index contributed by atoms with van der Waals surface area (Å²) >= 11 is 1.41. The van der Waals surface area contributed by atoms with E-state index in [-0.39, 0.29) is 10.8 Å². The second-order valence-electron chi connectivity index (χ2n) is 6.68. The quantitative estimate of drug-likeness (QED) is 0.496. The first-order valence-electron chi connectivity index (χ1n) is 9.43. The fourth-order valence-electron chi connectivity index (χ4n) is 3.29. The maximum atomic E-state index is 13.0. The van der Waals surface area contributed by atoms with Crippen LogP contribution in [-0.2, 0) is 19.6 Å². The number of anilines is 1. The number of hydroxylamine groups is 2. The van der Waals surface area contributed by atoms with Crippen LogP contribution in [0.25, 0.3) is 11.1 Å². The summed E-state index contributed by atoms with van der Waals surface area (Å²) in [6.07, 6.45) is 1.25. The number of benzene rings is 1. The summed E-state index contributed by atoms with van der Waals surface area (Å²) in [5.41, 5.74) is 2.51. The smallest absolute Gasteiger partial charge is 0.287 e. The average molecular weight is 452 g/mol. The van der Waals surface area contributed by atoms with Crippen molar-refractivity contribution < 1.29 is 22.8 Å². The normalized spacial score (nSPS) is 15.0. The Balaban J connectivity index is 2.10. The molecule has 0 aliphatic carbocycles. The summed E-state index contributed by atoms with van der Waals surface area (Å²) in [7, 11) is -0.718. The highest BCUT2D eigenvalue weighted by Crippen LogP contribution is 2.42. The van der Waals surface area contributed by atoms with Gasteiger partial charge in [0.25, 0.3) is 15.9 Å². The van der Waals surface area contributed by atoms with E-state index in [9.17, 15) is 13.2 Å². The number of hydrogen-bond donors (Lipinski definition) is 0. The van der Waals surface area contributed by atoms with Crippen LogP contribution < -0.4 is 4.90 Å². The molecule has 0 unspecified atom stereocenters. The summed E-state index contributed by atoms with van der Waals surface area (Å²) in [4.78, 5) is 20.9. The van der Waals surface area contributed by atoms with Gasteiger partial charge >= 0.3 is 0 Å². The molecule has 0 bridgehead atoms. The molecule has 8 nitrogen and oxygen atoms in total. The Hall–Kier alpha value is -2.27. The van der Waals surface area contributed by atoms with Crippen molar-refractivity contribution in [3.63, 3.8) is 0 Å². The van der Waals surface area contributed by atoms with Gasteiger partial charge in [0.05, 0.1) is 30.2 Å². The van der Waals surface area contributed by atoms with Gasteiger partial charge in [0, 0.05) is 31.9 Å². The number of nitrogens with zero attached hydrogens (tertiary/aromatic N) is 3. The van der Waals surface area contributed by atoms with Crippen molar-refractivity contribution >= 4 is 38.5 Å². The van der Waals surface area contributed by atoms with Crippen molar-refractivity contribution in [1.29, 1.82) is 0 Å². The van der Waals surface area contributed by atoms with Crippen molar-refractivity contribution in [3.05, 3.63) is 34.7 Å². The number of rotatable bonds is 6. The molecule has 0 radical (unpaired) electrons. The third-order valence-corrected chi connectivity index (χ3v) is 7.56. The Kier molecular flexibility index (Phi) is 6.91. The van der Waals surface area contributed by atoms with Gasteiger partial charge in [0.15, 0.2) is 0 Å². The van der Waals surface area contributed by atoms with E-state index in [1.54, 1.807) is 26.1 Å². The maximum absolute atomic E-state index is 13.0. The molecule has 0 saturated carbocycles. The molecule has 1 amide bonds. The van der Waals surface area contributed by atoms with Gasteiger partial charge in [0.2, 0.25) is 0 Å². The number of morpholine rings is 1. The lowest BCUT2D eigenvalue weighted by atomic mass is 10.0. The highest BCUT2D eigenvalue weighted by Gasteiger charge is 2.27. The molecular weight excluding hydrogens is 426 g/mol. The van der Waals surface area contributed by atoms with Crippen LogP contribution in [0.3, 0.4) is 0 Å². The van der Waals surface area contributed by atoms with Crippen LogP contribution in [0.1, 0.15) is 22.2 Å². The Morgan fingerprint density at radius 2 is 1.90 bits per heavy atom. The summed E-state index contributed by atoms with van der Waals surface area (Å²) in [5, 5.41) is 2.19. The van der Waals surface area contributed by atoms with Crippen molar-refractivity contribution in [1.82, 2.24) is 5.06 Å². The Morgan fingerprint density at radius 3 is 2.47 bits per heavy atom. The molecule has 1 aliphatic heterocycles. The summed E-state index contributed by atoms with van der Waals surface area (Å²) in [5.74, 6) is -0.257. The molecule has 1 fully saturated rings. The molecule has 0 spiro atoms. The summed E-state index contributed by atoms with van der Waals surface area (Å²) in [6.45, 7) is 6.31. The van der Waals surface area contributed by atoms with E-state index in [1.165, 1.54) is 41.9 Å². The number of thiophene rings is 1. The van der Waals surface area contributed by atoms with Crippen LogP contribution in [0, 0.1) is 6.92 Å². The molecule has 30 heavy (non-hydrogen) atoms. The van der Waals surface area contributed by atoms with Crippen molar-refractivity contribution in [2.24, 2.45) is 4.40 Å². The average Bonchev–Trinajstić information content (AvgIpc) is 3.10. The molecule has 0 atom stereocenters. The summed E-state index contributed by atoms with van der Waals surface area (Å²) < 4.78 is 33.3. The first kappa shape index (κ1) is 22.4. The highest BCUT2D eigenvalue weighted by atomic mass is 32.2. The standard InChI is InChI=1S/C20H25N3O5S2/c1-5-21-30(25,26)16-8-6-15(7-9-16)17-14(2)20(23-10-12-28-13-11-23)29-18(17)19(24)22(3)27-4/h5-9H,10-13H2,1-4H3/b21-5+. The Bertz CT molecular complexity index is 1040. The van der Waals surface area contributed by atoms with Gasteiger partial charge in [-0.2, -0.15) is 12.8 Å². The predicted octanol–water partition coefficient (Wildman–Crippen LogP) is 2.97. The van der Waals surface area contributed by atoms with E-state index in [4.69, 9.17) is 9.57 Å².